The van der Waals surface area contributed by atoms with Gasteiger partial charge in [0.2, 0.25) is 0 Å². The van der Waals surface area contributed by atoms with Crippen molar-refractivity contribution in [3.63, 3.8) is 0 Å². The van der Waals surface area contributed by atoms with Gasteiger partial charge in [0, 0.05) is 21.8 Å². The van der Waals surface area contributed by atoms with Gasteiger partial charge in [-0.05, 0) is 31.0 Å². The molecule has 0 bridgehead atoms. The van der Waals surface area contributed by atoms with E-state index < -0.39 is 0 Å². The van der Waals surface area contributed by atoms with E-state index in [0.29, 0.717) is 0 Å². The predicted molar refractivity (Wildman–Crippen MR) is 82.4 cm³/mol. The van der Waals surface area contributed by atoms with Gasteiger partial charge in [-0.15, -0.1) is 11.3 Å². The van der Waals surface area contributed by atoms with Gasteiger partial charge in [0.1, 0.15) is 0 Å². The molecule has 19 heavy (non-hydrogen) atoms. The van der Waals surface area contributed by atoms with Crippen molar-refractivity contribution in [2.45, 2.75) is 32.4 Å². The Morgan fingerprint density at radius 3 is 2.53 bits per heavy atom. The minimum atomic E-state index is -0.184. The summed E-state index contributed by atoms with van der Waals surface area (Å²) in [5, 5.41) is 12.8. The Hall–Kier alpha value is -1.16. The van der Waals surface area contributed by atoms with E-state index in [0.717, 1.165) is 13.0 Å². The molecule has 1 aromatic heterocycles. The molecule has 0 aliphatic carbocycles. The maximum atomic E-state index is 9.39. The molecule has 0 saturated carbocycles. The minimum absolute atomic E-state index is 0.167. The number of aliphatic hydroxyl groups is 1. The third kappa shape index (κ3) is 3.66. The van der Waals surface area contributed by atoms with Gasteiger partial charge in [-0.2, -0.15) is 0 Å². The minimum Gasteiger partial charge on any atom is -0.394 e. The summed E-state index contributed by atoms with van der Waals surface area (Å²) < 4.78 is 0. The molecule has 1 unspecified atom stereocenters. The molecule has 102 valence electrons. The van der Waals surface area contributed by atoms with E-state index in [4.69, 9.17) is 0 Å². The molecule has 2 aromatic rings. The van der Waals surface area contributed by atoms with Crippen molar-refractivity contribution in [3.05, 3.63) is 47.3 Å². The van der Waals surface area contributed by atoms with E-state index in [2.05, 4.69) is 55.6 Å². The highest BCUT2D eigenvalue weighted by Gasteiger charge is 2.19. The summed E-state index contributed by atoms with van der Waals surface area (Å²) in [7, 11) is 0. The summed E-state index contributed by atoms with van der Waals surface area (Å²) >= 11 is 1.80. The van der Waals surface area contributed by atoms with Crippen LogP contribution in [-0.2, 0) is 6.54 Å². The topological polar surface area (TPSA) is 32.3 Å². The summed E-state index contributed by atoms with van der Waals surface area (Å²) in [5.41, 5.74) is 1.08. The van der Waals surface area contributed by atoms with Gasteiger partial charge < -0.3 is 10.4 Å². The van der Waals surface area contributed by atoms with E-state index in [1.807, 2.05) is 6.07 Å². The maximum Gasteiger partial charge on any atom is 0.0610 e. The molecule has 0 aliphatic rings. The predicted octanol–water partition coefficient (Wildman–Crippen LogP) is 3.67. The lowest BCUT2D eigenvalue weighted by Gasteiger charge is -2.27. The standard InChI is InChI=1S/C16H21NOS/c1-3-16(2,12-18)17-11-14-9-10-15(19-14)13-7-5-4-6-8-13/h4-10,17-18H,3,11-12H2,1-2H3. The molecular formula is C16H21NOS. The SMILES string of the molecule is CCC(C)(CO)NCc1ccc(-c2ccccc2)s1. The van der Waals surface area contributed by atoms with E-state index in [1.54, 1.807) is 11.3 Å². The van der Waals surface area contributed by atoms with Gasteiger partial charge in [-0.25, -0.2) is 0 Å². The Bertz CT molecular complexity index is 502. The van der Waals surface area contributed by atoms with Gasteiger partial charge in [0.15, 0.2) is 0 Å². The lowest BCUT2D eigenvalue weighted by atomic mass is 10.0. The van der Waals surface area contributed by atoms with Crippen LogP contribution in [0.4, 0.5) is 0 Å². The molecule has 0 fully saturated rings. The largest absolute Gasteiger partial charge is 0.394 e. The van der Waals surface area contributed by atoms with Crippen molar-refractivity contribution >= 4 is 11.3 Å². The Labute approximate surface area is 119 Å². The first kappa shape index (κ1) is 14.3. The Morgan fingerprint density at radius 2 is 1.89 bits per heavy atom. The number of benzene rings is 1. The number of hydrogen-bond donors (Lipinski definition) is 2. The average molecular weight is 275 g/mol. The smallest absolute Gasteiger partial charge is 0.0610 e. The first-order valence-corrected chi connectivity index (χ1v) is 7.48. The zero-order chi connectivity index (χ0) is 13.7. The van der Waals surface area contributed by atoms with E-state index in [9.17, 15) is 5.11 Å². The molecule has 0 radical (unpaired) electrons. The molecule has 0 saturated heterocycles. The van der Waals surface area contributed by atoms with Crippen molar-refractivity contribution < 1.29 is 5.11 Å². The second kappa shape index (κ2) is 6.33. The van der Waals surface area contributed by atoms with Crippen molar-refractivity contribution in [2.75, 3.05) is 6.61 Å². The van der Waals surface area contributed by atoms with Crippen LogP contribution in [0.25, 0.3) is 10.4 Å². The second-order valence-corrected chi connectivity index (χ2v) is 6.23. The van der Waals surface area contributed by atoms with Crippen LogP contribution < -0.4 is 5.32 Å². The van der Waals surface area contributed by atoms with Crippen LogP contribution in [0.5, 0.6) is 0 Å². The maximum absolute atomic E-state index is 9.39. The van der Waals surface area contributed by atoms with Crippen LogP contribution in [0.15, 0.2) is 42.5 Å². The highest BCUT2D eigenvalue weighted by atomic mass is 32.1. The summed E-state index contributed by atoms with van der Waals surface area (Å²) in [5.74, 6) is 0. The van der Waals surface area contributed by atoms with Crippen LogP contribution >= 0.6 is 11.3 Å². The third-order valence-corrected chi connectivity index (χ3v) is 4.67. The van der Waals surface area contributed by atoms with E-state index >= 15 is 0 Å². The molecule has 2 nitrogen and oxygen atoms in total. The van der Waals surface area contributed by atoms with Crippen molar-refractivity contribution in [1.29, 1.82) is 0 Å². The van der Waals surface area contributed by atoms with E-state index in [-0.39, 0.29) is 12.1 Å². The summed E-state index contributed by atoms with van der Waals surface area (Å²) in [6.45, 7) is 5.12. The van der Waals surface area contributed by atoms with Gasteiger partial charge in [0.05, 0.1) is 6.61 Å². The monoisotopic (exact) mass is 275 g/mol. The van der Waals surface area contributed by atoms with Gasteiger partial charge in [-0.3, -0.25) is 0 Å². The quantitative estimate of drug-likeness (QED) is 0.843. The summed E-state index contributed by atoms with van der Waals surface area (Å²) in [6, 6.07) is 14.7. The summed E-state index contributed by atoms with van der Waals surface area (Å²) in [4.78, 5) is 2.59. The first-order valence-electron chi connectivity index (χ1n) is 6.67. The van der Waals surface area contributed by atoms with Crippen LogP contribution in [-0.4, -0.2) is 17.3 Å². The molecule has 0 amide bonds. The Balaban J connectivity index is 2.02. The normalized spacial score (nSPS) is 14.3. The van der Waals surface area contributed by atoms with E-state index in [1.165, 1.54) is 15.3 Å². The van der Waals surface area contributed by atoms with Crippen molar-refractivity contribution in [3.8, 4) is 10.4 Å². The molecule has 1 heterocycles. The fourth-order valence-electron chi connectivity index (χ4n) is 1.82. The zero-order valence-corrected chi connectivity index (χ0v) is 12.3. The van der Waals surface area contributed by atoms with Crippen LogP contribution in [0.2, 0.25) is 0 Å². The highest BCUT2D eigenvalue weighted by Crippen LogP contribution is 2.28. The molecule has 2 rings (SSSR count). The van der Waals surface area contributed by atoms with Crippen LogP contribution in [0.3, 0.4) is 0 Å². The lowest BCUT2D eigenvalue weighted by molar-refractivity contribution is 0.169. The van der Waals surface area contributed by atoms with Gasteiger partial charge in [-0.1, -0.05) is 37.3 Å². The molecule has 1 atom stereocenters. The van der Waals surface area contributed by atoms with Gasteiger partial charge >= 0.3 is 0 Å². The Morgan fingerprint density at radius 1 is 1.16 bits per heavy atom. The molecule has 0 aliphatic heterocycles. The Kier molecular flexibility index (Phi) is 4.75. The second-order valence-electron chi connectivity index (χ2n) is 5.06. The summed E-state index contributed by atoms with van der Waals surface area (Å²) in [6.07, 6.45) is 0.917. The van der Waals surface area contributed by atoms with Gasteiger partial charge in [0.25, 0.3) is 0 Å². The van der Waals surface area contributed by atoms with Crippen molar-refractivity contribution in [2.24, 2.45) is 0 Å². The molecule has 3 heteroatoms. The van der Waals surface area contributed by atoms with Crippen LogP contribution in [0, 0.1) is 0 Å². The molecule has 0 spiro atoms. The number of hydrogen-bond acceptors (Lipinski definition) is 3. The van der Waals surface area contributed by atoms with Crippen molar-refractivity contribution in [1.82, 2.24) is 5.32 Å². The first-order chi connectivity index (χ1) is 9.17. The van der Waals surface area contributed by atoms with Crippen LogP contribution in [0.1, 0.15) is 25.1 Å². The highest BCUT2D eigenvalue weighted by molar-refractivity contribution is 7.15. The molecular weight excluding hydrogens is 254 g/mol. The molecule has 2 N–H and O–H groups in total. The average Bonchev–Trinajstić information content (AvgIpc) is 2.95. The number of nitrogens with one attached hydrogen (secondary N) is 1. The third-order valence-electron chi connectivity index (χ3n) is 3.54. The number of rotatable bonds is 6. The zero-order valence-electron chi connectivity index (χ0n) is 11.5. The fourth-order valence-corrected chi connectivity index (χ4v) is 2.78. The number of aliphatic hydroxyl groups excluding tert-OH is 1. The molecule has 1 aromatic carbocycles. The fraction of sp³-hybridized carbons (Fsp3) is 0.375. The lowest BCUT2D eigenvalue weighted by Crippen LogP contribution is -2.44. The number of thiophene rings is 1.